The van der Waals surface area contributed by atoms with Crippen molar-refractivity contribution >= 4 is 42.6 Å². The van der Waals surface area contributed by atoms with E-state index in [2.05, 4.69) is 68.3 Å². The smallest absolute Gasteiger partial charge is 0.124 e. The molecule has 106 valence electrons. The molecule has 0 saturated heterocycles. The summed E-state index contributed by atoms with van der Waals surface area (Å²) in [5.74, 6) is -0.226. The lowest BCUT2D eigenvalue weighted by atomic mass is 9.98. The molecular formula is C18H13Br2F. The molecule has 0 saturated carbocycles. The summed E-state index contributed by atoms with van der Waals surface area (Å²) in [7, 11) is 0. The van der Waals surface area contributed by atoms with Crippen LogP contribution in [-0.4, -0.2) is 0 Å². The highest BCUT2D eigenvalue weighted by molar-refractivity contribution is 9.11. The number of hydrogen-bond acceptors (Lipinski definition) is 0. The summed E-state index contributed by atoms with van der Waals surface area (Å²) in [5.41, 5.74) is 2.34. The Morgan fingerprint density at radius 3 is 2.52 bits per heavy atom. The second-order valence-electron chi connectivity index (χ2n) is 4.98. The molecule has 3 aromatic carbocycles. The molecule has 0 radical (unpaired) electrons. The monoisotopic (exact) mass is 406 g/mol. The van der Waals surface area contributed by atoms with E-state index in [9.17, 15) is 4.39 Å². The van der Waals surface area contributed by atoms with E-state index in [-0.39, 0.29) is 10.6 Å². The molecule has 0 nitrogen and oxygen atoms in total. The number of fused-ring (bicyclic) bond motifs is 1. The lowest BCUT2D eigenvalue weighted by molar-refractivity contribution is 0.626. The maximum Gasteiger partial charge on any atom is 0.124 e. The average molecular weight is 408 g/mol. The summed E-state index contributed by atoms with van der Waals surface area (Å²) in [5, 5.41) is 2.51. The Kier molecular flexibility index (Phi) is 4.41. The van der Waals surface area contributed by atoms with Gasteiger partial charge < -0.3 is 0 Å². The Balaban J connectivity index is 1.94. The fraction of sp³-hybridized carbons (Fsp3) is 0.111. The Labute approximate surface area is 140 Å². The third kappa shape index (κ3) is 3.19. The molecule has 0 aliphatic heterocycles. The van der Waals surface area contributed by atoms with Gasteiger partial charge >= 0.3 is 0 Å². The second kappa shape index (κ2) is 6.29. The fourth-order valence-electron chi connectivity index (χ4n) is 2.53. The SMILES string of the molecule is Fc1ccc(C(Br)Cc2cccc3ccccc23)c(Br)c1. The Morgan fingerprint density at radius 2 is 1.71 bits per heavy atom. The van der Waals surface area contributed by atoms with E-state index >= 15 is 0 Å². The molecule has 0 spiro atoms. The van der Waals surface area contributed by atoms with Gasteiger partial charge in [-0.2, -0.15) is 0 Å². The highest BCUT2D eigenvalue weighted by atomic mass is 79.9. The standard InChI is InChI=1S/C18H13Br2F/c19-17(16-9-8-14(21)11-18(16)20)10-13-6-3-5-12-4-1-2-7-15(12)13/h1-9,11,17H,10H2. The van der Waals surface area contributed by atoms with Crippen molar-refractivity contribution in [2.24, 2.45) is 0 Å². The van der Waals surface area contributed by atoms with Crippen LogP contribution >= 0.6 is 31.9 Å². The Hall–Kier alpha value is -1.19. The minimum absolute atomic E-state index is 0.137. The minimum Gasteiger partial charge on any atom is -0.207 e. The lowest BCUT2D eigenvalue weighted by Gasteiger charge is -2.14. The molecule has 0 fully saturated rings. The van der Waals surface area contributed by atoms with Crippen LogP contribution in [0.1, 0.15) is 16.0 Å². The molecule has 0 aliphatic rings. The number of halogens is 3. The van der Waals surface area contributed by atoms with Crippen LogP contribution in [0.15, 0.2) is 65.1 Å². The van der Waals surface area contributed by atoms with Crippen LogP contribution in [-0.2, 0) is 6.42 Å². The zero-order valence-corrected chi connectivity index (χ0v) is 14.4. The van der Waals surface area contributed by atoms with Gasteiger partial charge in [0.1, 0.15) is 5.82 Å². The van der Waals surface area contributed by atoms with E-state index < -0.39 is 0 Å². The molecule has 1 atom stereocenters. The van der Waals surface area contributed by atoms with E-state index in [1.807, 2.05) is 12.1 Å². The zero-order chi connectivity index (χ0) is 14.8. The van der Waals surface area contributed by atoms with Gasteiger partial charge in [0, 0.05) is 9.30 Å². The first kappa shape index (κ1) is 14.7. The zero-order valence-electron chi connectivity index (χ0n) is 11.2. The van der Waals surface area contributed by atoms with Gasteiger partial charge in [-0.15, -0.1) is 0 Å². The number of alkyl halides is 1. The predicted octanol–water partition coefficient (Wildman–Crippen LogP) is 6.42. The predicted molar refractivity (Wildman–Crippen MR) is 93.4 cm³/mol. The first-order valence-corrected chi connectivity index (χ1v) is 8.41. The number of benzene rings is 3. The molecule has 3 heteroatoms. The third-order valence-corrected chi connectivity index (χ3v) is 5.08. The molecule has 3 rings (SSSR count). The third-order valence-electron chi connectivity index (χ3n) is 3.58. The molecule has 21 heavy (non-hydrogen) atoms. The normalized spacial score (nSPS) is 12.5. The van der Waals surface area contributed by atoms with Crippen molar-refractivity contribution in [3.8, 4) is 0 Å². The summed E-state index contributed by atoms with van der Waals surface area (Å²) >= 11 is 7.17. The molecular weight excluding hydrogens is 395 g/mol. The van der Waals surface area contributed by atoms with E-state index in [0.29, 0.717) is 0 Å². The van der Waals surface area contributed by atoms with Gasteiger partial charge in [-0.25, -0.2) is 4.39 Å². The van der Waals surface area contributed by atoms with Crippen LogP contribution in [0.5, 0.6) is 0 Å². The Bertz CT molecular complexity index is 778. The van der Waals surface area contributed by atoms with E-state index in [1.165, 1.54) is 28.5 Å². The summed E-state index contributed by atoms with van der Waals surface area (Å²) in [6.45, 7) is 0. The van der Waals surface area contributed by atoms with Crippen LogP contribution in [0, 0.1) is 5.82 Å². The topological polar surface area (TPSA) is 0 Å². The highest BCUT2D eigenvalue weighted by Crippen LogP contribution is 2.34. The summed E-state index contributed by atoms with van der Waals surface area (Å²) < 4.78 is 14.0. The molecule has 1 unspecified atom stereocenters. The maximum atomic E-state index is 13.2. The van der Waals surface area contributed by atoms with Gasteiger partial charge in [0.15, 0.2) is 0 Å². The van der Waals surface area contributed by atoms with Crippen molar-refractivity contribution in [1.29, 1.82) is 0 Å². The van der Waals surface area contributed by atoms with Gasteiger partial charge in [-0.1, -0.05) is 80.4 Å². The van der Waals surface area contributed by atoms with Crippen molar-refractivity contribution < 1.29 is 4.39 Å². The van der Waals surface area contributed by atoms with Crippen LogP contribution < -0.4 is 0 Å². The molecule has 0 aromatic heterocycles. The largest absolute Gasteiger partial charge is 0.207 e. The maximum absolute atomic E-state index is 13.2. The van der Waals surface area contributed by atoms with E-state index in [1.54, 1.807) is 0 Å². The molecule has 0 heterocycles. The van der Waals surface area contributed by atoms with Crippen molar-refractivity contribution in [3.05, 3.63) is 82.1 Å². The van der Waals surface area contributed by atoms with E-state index in [4.69, 9.17) is 0 Å². The quantitative estimate of drug-likeness (QED) is 0.439. The molecule has 0 amide bonds. The average Bonchev–Trinajstić information content (AvgIpc) is 2.47. The van der Waals surface area contributed by atoms with Gasteiger partial charge in [0.25, 0.3) is 0 Å². The van der Waals surface area contributed by atoms with Gasteiger partial charge in [-0.05, 0) is 40.5 Å². The summed E-state index contributed by atoms with van der Waals surface area (Å²) in [4.78, 5) is 0.137. The summed E-state index contributed by atoms with van der Waals surface area (Å²) in [6.07, 6.45) is 0.853. The van der Waals surface area contributed by atoms with Gasteiger partial charge in [0.05, 0.1) is 0 Å². The second-order valence-corrected chi connectivity index (χ2v) is 6.94. The van der Waals surface area contributed by atoms with E-state index in [0.717, 1.165) is 16.5 Å². The number of rotatable bonds is 3. The first-order valence-electron chi connectivity index (χ1n) is 6.71. The van der Waals surface area contributed by atoms with Crippen molar-refractivity contribution in [1.82, 2.24) is 0 Å². The van der Waals surface area contributed by atoms with Crippen LogP contribution in [0.25, 0.3) is 10.8 Å². The molecule has 0 aliphatic carbocycles. The van der Waals surface area contributed by atoms with Crippen LogP contribution in [0.3, 0.4) is 0 Å². The lowest BCUT2D eigenvalue weighted by Crippen LogP contribution is -1.98. The van der Waals surface area contributed by atoms with Crippen molar-refractivity contribution in [3.63, 3.8) is 0 Å². The van der Waals surface area contributed by atoms with Crippen molar-refractivity contribution in [2.75, 3.05) is 0 Å². The Morgan fingerprint density at radius 1 is 0.952 bits per heavy atom. The molecule has 0 N–H and O–H groups in total. The van der Waals surface area contributed by atoms with Crippen LogP contribution in [0.2, 0.25) is 0 Å². The minimum atomic E-state index is -0.226. The molecule has 0 bridgehead atoms. The highest BCUT2D eigenvalue weighted by Gasteiger charge is 2.14. The van der Waals surface area contributed by atoms with Crippen LogP contribution in [0.4, 0.5) is 4.39 Å². The fourth-order valence-corrected chi connectivity index (χ4v) is 4.21. The van der Waals surface area contributed by atoms with Crippen molar-refractivity contribution in [2.45, 2.75) is 11.2 Å². The molecule has 3 aromatic rings. The summed E-state index contributed by atoms with van der Waals surface area (Å²) in [6, 6.07) is 19.5. The van der Waals surface area contributed by atoms with Gasteiger partial charge in [0.2, 0.25) is 0 Å². The first-order chi connectivity index (χ1) is 10.1. The van der Waals surface area contributed by atoms with Gasteiger partial charge in [-0.3, -0.25) is 0 Å². The number of hydrogen-bond donors (Lipinski definition) is 0.